The molecule has 0 aliphatic carbocycles. The van der Waals surface area contributed by atoms with Crippen LogP contribution in [-0.2, 0) is 18.3 Å². The van der Waals surface area contributed by atoms with E-state index in [1.807, 2.05) is 43.8 Å². The average Bonchev–Trinajstić information content (AvgIpc) is 3.06. The molecule has 0 aliphatic heterocycles. The van der Waals surface area contributed by atoms with Crippen LogP contribution in [0.15, 0.2) is 54.6 Å². The number of fused-ring (bicyclic) bond motifs is 1. The lowest BCUT2D eigenvalue weighted by molar-refractivity contribution is -0.121. The van der Waals surface area contributed by atoms with Gasteiger partial charge in [-0.15, -0.1) is 0 Å². The summed E-state index contributed by atoms with van der Waals surface area (Å²) in [6, 6.07) is 18.3. The zero-order valence-corrected chi connectivity index (χ0v) is 19.4. The van der Waals surface area contributed by atoms with Gasteiger partial charge in [-0.2, -0.15) is 5.10 Å². The molecule has 0 saturated carbocycles. The Morgan fingerprint density at radius 2 is 1.59 bits per heavy atom. The van der Waals surface area contributed by atoms with Gasteiger partial charge in [0.15, 0.2) is 5.65 Å². The van der Waals surface area contributed by atoms with Crippen molar-refractivity contribution in [3.63, 3.8) is 0 Å². The Labute approximate surface area is 189 Å². The number of benzene rings is 2. The zero-order chi connectivity index (χ0) is 22.8. The van der Waals surface area contributed by atoms with Crippen molar-refractivity contribution in [3.8, 4) is 0 Å². The fraction of sp³-hybridized carbons (Fsp3) is 0.296. The molecule has 5 heteroatoms. The first kappa shape index (κ1) is 21.8. The highest BCUT2D eigenvalue weighted by atomic mass is 16.1. The molecule has 2 aromatic heterocycles. The minimum Gasteiger partial charge on any atom is -0.345 e. The predicted octanol–water partition coefficient (Wildman–Crippen LogP) is 5.04. The van der Waals surface area contributed by atoms with Crippen LogP contribution in [0.5, 0.6) is 0 Å². The summed E-state index contributed by atoms with van der Waals surface area (Å²) < 4.78 is 1.83. The topological polar surface area (TPSA) is 59.8 Å². The second-order valence-corrected chi connectivity index (χ2v) is 8.53. The molecule has 1 atom stereocenters. The summed E-state index contributed by atoms with van der Waals surface area (Å²) in [6.45, 7) is 8.20. The summed E-state index contributed by atoms with van der Waals surface area (Å²) >= 11 is 0. The fourth-order valence-corrected chi connectivity index (χ4v) is 4.47. The van der Waals surface area contributed by atoms with Crippen molar-refractivity contribution >= 4 is 16.9 Å². The van der Waals surface area contributed by atoms with E-state index in [1.165, 1.54) is 11.1 Å². The zero-order valence-electron chi connectivity index (χ0n) is 19.4. The third-order valence-electron chi connectivity index (χ3n) is 6.18. The molecule has 4 aromatic rings. The van der Waals surface area contributed by atoms with E-state index >= 15 is 0 Å². The number of nitrogens with zero attached hydrogens (tertiary/aromatic N) is 3. The smallest absolute Gasteiger partial charge is 0.221 e. The molecule has 0 spiro atoms. The molecular formula is C27H30N4O. The highest BCUT2D eigenvalue weighted by molar-refractivity contribution is 5.84. The lowest BCUT2D eigenvalue weighted by Crippen LogP contribution is -2.29. The van der Waals surface area contributed by atoms with Gasteiger partial charge in [0.1, 0.15) is 0 Å². The van der Waals surface area contributed by atoms with Crippen molar-refractivity contribution in [2.75, 3.05) is 0 Å². The Kier molecular flexibility index (Phi) is 6.08. The third kappa shape index (κ3) is 4.28. The number of hydrogen-bond donors (Lipinski definition) is 1. The molecule has 0 unspecified atom stereocenters. The van der Waals surface area contributed by atoms with Gasteiger partial charge in [-0.05, 0) is 56.4 Å². The molecule has 164 valence electrons. The van der Waals surface area contributed by atoms with Gasteiger partial charge in [0.05, 0.1) is 11.7 Å². The summed E-state index contributed by atoms with van der Waals surface area (Å²) in [6.07, 6.45) is 1.06. The Bertz CT molecular complexity index is 1260. The van der Waals surface area contributed by atoms with Gasteiger partial charge < -0.3 is 5.32 Å². The summed E-state index contributed by atoms with van der Waals surface area (Å²) in [5.41, 5.74) is 8.49. The Morgan fingerprint density at radius 3 is 2.28 bits per heavy atom. The average molecular weight is 427 g/mol. The van der Waals surface area contributed by atoms with E-state index in [2.05, 4.69) is 60.7 Å². The first-order chi connectivity index (χ1) is 15.3. The lowest BCUT2D eigenvalue weighted by atomic mass is 9.96. The highest BCUT2D eigenvalue weighted by Crippen LogP contribution is 2.27. The lowest BCUT2D eigenvalue weighted by Gasteiger charge is -2.20. The van der Waals surface area contributed by atoms with Gasteiger partial charge in [0.2, 0.25) is 5.91 Å². The molecule has 0 aliphatic rings. The van der Waals surface area contributed by atoms with E-state index in [1.54, 1.807) is 0 Å². The maximum absolute atomic E-state index is 13.0. The van der Waals surface area contributed by atoms with Crippen LogP contribution in [0.4, 0.5) is 0 Å². The van der Waals surface area contributed by atoms with E-state index < -0.39 is 0 Å². The van der Waals surface area contributed by atoms with Gasteiger partial charge >= 0.3 is 0 Å². The van der Waals surface area contributed by atoms with Gasteiger partial charge in [-0.3, -0.25) is 9.48 Å². The van der Waals surface area contributed by atoms with E-state index in [0.29, 0.717) is 12.8 Å². The molecule has 4 rings (SSSR count). The van der Waals surface area contributed by atoms with Crippen molar-refractivity contribution in [1.29, 1.82) is 0 Å². The molecular weight excluding hydrogens is 396 g/mol. The Balaban J connectivity index is 1.55. The second-order valence-electron chi connectivity index (χ2n) is 8.53. The minimum absolute atomic E-state index is 0.0289. The van der Waals surface area contributed by atoms with E-state index in [0.717, 1.165) is 39.1 Å². The first-order valence-corrected chi connectivity index (χ1v) is 11.1. The standard InChI is InChI=1S/C27H30N4O/c1-17-11-13-22(14-12-17)26(21-9-7-6-8-10-21)29-24(32)16-15-23-18(2)25-20(4)30-31(5)27(25)28-19(23)3/h6-14,26H,15-16H2,1-5H3,(H,29,32)/t26-/m0/s1. The van der Waals surface area contributed by atoms with Crippen molar-refractivity contribution in [2.45, 2.75) is 46.6 Å². The molecule has 0 fully saturated rings. The highest BCUT2D eigenvalue weighted by Gasteiger charge is 2.19. The third-order valence-corrected chi connectivity index (χ3v) is 6.18. The van der Waals surface area contributed by atoms with Crippen LogP contribution in [0.1, 0.15) is 51.7 Å². The van der Waals surface area contributed by atoms with Crippen LogP contribution in [0, 0.1) is 27.7 Å². The summed E-state index contributed by atoms with van der Waals surface area (Å²) in [7, 11) is 1.92. The van der Waals surface area contributed by atoms with E-state index in [9.17, 15) is 4.79 Å². The number of rotatable bonds is 6. The first-order valence-electron chi connectivity index (χ1n) is 11.1. The number of hydrogen-bond acceptors (Lipinski definition) is 3. The maximum atomic E-state index is 13.0. The largest absolute Gasteiger partial charge is 0.345 e. The van der Waals surface area contributed by atoms with E-state index in [4.69, 9.17) is 4.98 Å². The Morgan fingerprint density at radius 1 is 0.938 bits per heavy atom. The summed E-state index contributed by atoms with van der Waals surface area (Å²) in [5.74, 6) is 0.0289. The van der Waals surface area contributed by atoms with Crippen LogP contribution in [0.2, 0.25) is 0 Å². The van der Waals surface area contributed by atoms with Crippen LogP contribution in [0.3, 0.4) is 0 Å². The van der Waals surface area contributed by atoms with Crippen molar-refractivity contribution in [3.05, 3.63) is 93.8 Å². The van der Waals surface area contributed by atoms with Gasteiger partial charge in [-0.1, -0.05) is 60.2 Å². The van der Waals surface area contributed by atoms with Gasteiger partial charge in [-0.25, -0.2) is 4.98 Å². The SMILES string of the molecule is Cc1ccc([C@@H](NC(=O)CCc2c(C)nc3c(c(C)nn3C)c2C)c2ccccc2)cc1. The molecule has 0 radical (unpaired) electrons. The van der Waals surface area contributed by atoms with Crippen LogP contribution >= 0.6 is 0 Å². The maximum Gasteiger partial charge on any atom is 0.221 e. The van der Waals surface area contributed by atoms with Crippen molar-refractivity contribution in [1.82, 2.24) is 20.1 Å². The molecule has 2 aromatic carbocycles. The van der Waals surface area contributed by atoms with Crippen LogP contribution in [-0.4, -0.2) is 20.7 Å². The molecule has 32 heavy (non-hydrogen) atoms. The molecule has 5 nitrogen and oxygen atoms in total. The molecule has 1 N–H and O–H groups in total. The molecule has 0 saturated heterocycles. The van der Waals surface area contributed by atoms with Crippen LogP contribution in [0.25, 0.3) is 11.0 Å². The number of amides is 1. The molecule has 0 bridgehead atoms. The van der Waals surface area contributed by atoms with E-state index in [-0.39, 0.29) is 11.9 Å². The predicted molar refractivity (Wildman–Crippen MR) is 129 cm³/mol. The Hall–Kier alpha value is -3.47. The number of carbonyl (C=O) groups is 1. The summed E-state index contributed by atoms with van der Waals surface area (Å²) in [4.78, 5) is 17.8. The van der Waals surface area contributed by atoms with Gasteiger partial charge in [0, 0.05) is 24.5 Å². The number of aromatic nitrogens is 3. The number of pyridine rings is 1. The fourth-order valence-electron chi connectivity index (χ4n) is 4.47. The second kappa shape index (κ2) is 8.95. The monoisotopic (exact) mass is 426 g/mol. The van der Waals surface area contributed by atoms with Crippen molar-refractivity contribution < 1.29 is 4.79 Å². The van der Waals surface area contributed by atoms with Crippen molar-refractivity contribution in [2.24, 2.45) is 7.05 Å². The minimum atomic E-state index is -0.173. The molecule has 2 heterocycles. The quantitative estimate of drug-likeness (QED) is 0.470. The van der Waals surface area contributed by atoms with Gasteiger partial charge in [0.25, 0.3) is 0 Å². The number of aryl methyl sites for hydroxylation is 5. The molecule has 1 amide bonds. The normalized spacial score (nSPS) is 12.2. The van der Waals surface area contributed by atoms with Crippen LogP contribution < -0.4 is 5.32 Å². The summed E-state index contributed by atoms with van der Waals surface area (Å²) in [5, 5.41) is 8.86. The number of carbonyl (C=O) groups excluding carboxylic acids is 1. The number of nitrogens with one attached hydrogen (secondary N) is 1.